The zero-order valence-corrected chi connectivity index (χ0v) is 17.9. The number of nitrogens with one attached hydrogen (secondary N) is 1. The van der Waals surface area contributed by atoms with Crippen LogP contribution in [0.1, 0.15) is 39.8 Å². The molecule has 0 spiro atoms. The van der Waals surface area contributed by atoms with E-state index in [1.54, 1.807) is 19.1 Å². The van der Waals surface area contributed by atoms with Crippen molar-refractivity contribution in [3.05, 3.63) is 76.7 Å². The molecule has 3 aromatic rings. The molecule has 31 heavy (non-hydrogen) atoms. The van der Waals surface area contributed by atoms with Gasteiger partial charge in [0.1, 0.15) is 5.56 Å². The smallest absolute Gasteiger partial charge is 0.344 e. The average Bonchev–Trinajstić information content (AvgIpc) is 3.04. The Morgan fingerprint density at radius 2 is 1.87 bits per heavy atom. The SMILES string of the molecule is CCOc1ncccc1C(=O)OCC(=O)NCc1c(C)nn(Cc2ccccc2)c1C. The zero-order chi connectivity index (χ0) is 22.2. The van der Waals surface area contributed by atoms with Crippen LogP contribution >= 0.6 is 0 Å². The van der Waals surface area contributed by atoms with Crippen molar-refractivity contribution in [3.63, 3.8) is 0 Å². The minimum atomic E-state index is -0.658. The molecule has 162 valence electrons. The van der Waals surface area contributed by atoms with E-state index < -0.39 is 18.5 Å². The molecule has 0 saturated heterocycles. The highest BCUT2D eigenvalue weighted by Gasteiger charge is 2.17. The summed E-state index contributed by atoms with van der Waals surface area (Å²) < 4.78 is 12.4. The van der Waals surface area contributed by atoms with Crippen LogP contribution in [0.15, 0.2) is 48.7 Å². The molecule has 2 heterocycles. The van der Waals surface area contributed by atoms with Crippen LogP contribution in [0.4, 0.5) is 0 Å². The van der Waals surface area contributed by atoms with E-state index in [0.29, 0.717) is 19.7 Å². The second-order valence-corrected chi connectivity index (χ2v) is 6.93. The van der Waals surface area contributed by atoms with Gasteiger partial charge in [0.05, 0.1) is 18.8 Å². The maximum atomic E-state index is 12.3. The molecule has 1 amide bonds. The van der Waals surface area contributed by atoms with Crippen molar-refractivity contribution >= 4 is 11.9 Å². The molecule has 1 aromatic carbocycles. The molecule has 0 radical (unpaired) electrons. The van der Waals surface area contributed by atoms with Crippen LogP contribution in [0.2, 0.25) is 0 Å². The van der Waals surface area contributed by atoms with Crippen LogP contribution in [0.3, 0.4) is 0 Å². The number of amides is 1. The minimum absolute atomic E-state index is 0.186. The van der Waals surface area contributed by atoms with E-state index >= 15 is 0 Å². The summed E-state index contributed by atoms with van der Waals surface area (Å²) in [6, 6.07) is 13.2. The second kappa shape index (κ2) is 10.4. The number of rotatable bonds is 9. The first-order valence-electron chi connectivity index (χ1n) is 10.1. The number of carbonyl (C=O) groups excluding carboxylic acids is 2. The molecule has 0 saturated carbocycles. The van der Waals surface area contributed by atoms with Gasteiger partial charge in [-0.25, -0.2) is 9.78 Å². The van der Waals surface area contributed by atoms with E-state index in [4.69, 9.17) is 9.47 Å². The summed E-state index contributed by atoms with van der Waals surface area (Å²) >= 11 is 0. The Hall–Kier alpha value is -3.68. The summed E-state index contributed by atoms with van der Waals surface area (Å²) in [6.07, 6.45) is 1.52. The predicted octanol–water partition coefficient (Wildman–Crippen LogP) is 2.82. The quantitative estimate of drug-likeness (QED) is 0.533. The molecule has 2 aromatic heterocycles. The first-order valence-corrected chi connectivity index (χ1v) is 10.1. The molecule has 0 fully saturated rings. The first kappa shape index (κ1) is 22.0. The fraction of sp³-hybridized carbons (Fsp3) is 0.304. The van der Waals surface area contributed by atoms with Crippen molar-refractivity contribution in [2.45, 2.75) is 33.9 Å². The highest BCUT2D eigenvalue weighted by molar-refractivity contribution is 5.93. The maximum absolute atomic E-state index is 12.3. The first-order chi connectivity index (χ1) is 15.0. The lowest BCUT2D eigenvalue weighted by Crippen LogP contribution is -2.29. The minimum Gasteiger partial charge on any atom is -0.477 e. The molecule has 3 rings (SSSR count). The van der Waals surface area contributed by atoms with E-state index in [2.05, 4.69) is 15.4 Å². The van der Waals surface area contributed by atoms with Gasteiger partial charge in [0.2, 0.25) is 5.88 Å². The predicted molar refractivity (Wildman–Crippen MR) is 115 cm³/mol. The Bertz CT molecular complexity index is 1050. The third kappa shape index (κ3) is 5.69. The van der Waals surface area contributed by atoms with Crippen molar-refractivity contribution in [2.24, 2.45) is 0 Å². The molecule has 1 N–H and O–H groups in total. The van der Waals surface area contributed by atoms with Crippen molar-refractivity contribution in [1.29, 1.82) is 0 Å². The van der Waals surface area contributed by atoms with Gasteiger partial charge in [0, 0.05) is 24.0 Å². The summed E-state index contributed by atoms with van der Waals surface area (Å²) in [6.45, 7) is 6.62. The Morgan fingerprint density at radius 3 is 2.61 bits per heavy atom. The zero-order valence-electron chi connectivity index (χ0n) is 17.9. The Morgan fingerprint density at radius 1 is 1.10 bits per heavy atom. The van der Waals surface area contributed by atoms with E-state index in [1.165, 1.54) is 6.20 Å². The summed E-state index contributed by atoms with van der Waals surface area (Å²) in [5.74, 6) is -0.868. The fourth-order valence-electron chi connectivity index (χ4n) is 3.14. The van der Waals surface area contributed by atoms with Gasteiger partial charge in [-0.3, -0.25) is 9.48 Å². The van der Waals surface area contributed by atoms with Crippen LogP contribution in [-0.4, -0.2) is 39.9 Å². The Balaban J connectivity index is 1.55. The lowest BCUT2D eigenvalue weighted by atomic mass is 10.2. The van der Waals surface area contributed by atoms with E-state index in [-0.39, 0.29) is 11.4 Å². The molecule has 0 aliphatic rings. The molecule has 0 unspecified atom stereocenters. The fourth-order valence-corrected chi connectivity index (χ4v) is 3.14. The van der Waals surface area contributed by atoms with Crippen LogP contribution in [0.25, 0.3) is 0 Å². The number of pyridine rings is 1. The molecule has 8 nitrogen and oxygen atoms in total. The largest absolute Gasteiger partial charge is 0.477 e. The van der Waals surface area contributed by atoms with Gasteiger partial charge in [0.25, 0.3) is 5.91 Å². The van der Waals surface area contributed by atoms with Crippen LogP contribution in [0, 0.1) is 13.8 Å². The number of hydrogen-bond acceptors (Lipinski definition) is 6. The van der Waals surface area contributed by atoms with Crippen molar-refractivity contribution < 1.29 is 19.1 Å². The third-order valence-corrected chi connectivity index (χ3v) is 4.78. The highest BCUT2D eigenvalue weighted by atomic mass is 16.5. The average molecular weight is 422 g/mol. The van der Waals surface area contributed by atoms with Crippen LogP contribution in [-0.2, 0) is 22.6 Å². The van der Waals surface area contributed by atoms with E-state index in [9.17, 15) is 9.59 Å². The summed E-state index contributed by atoms with van der Waals surface area (Å²) in [5, 5.41) is 7.37. The Labute approximate surface area is 181 Å². The summed E-state index contributed by atoms with van der Waals surface area (Å²) in [4.78, 5) is 28.5. The highest BCUT2D eigenvalue weighted by Crippen LogP contribution is 2.16. The maximum Gasteiger partial charge on any atom is 0.344 e. The number of esters is 1. The molecule has 0 bridgehead atoms. The van der Waals surface area contributed by atoms with Crippen molar-refractivity contribution in [2.75, 3.05) is 13.2 Å². The molecule has 0 atom stereocenters. The number of ether oxygens (including phenoxy) is 2. The standard InChI is InChI=1S/C23H26N4O4/c1-4-30-22-19(11-8-12-24-22)23(29)31-15-21(28)25-13-20-16(2)26-27(17(20)3)14-18-9-6-5-7-10-18/h5-12H,4,13-15H2,1-3H3,(H,25,28). The second-order valence-electron chi connectivity index (χ2n) is 6.93. The van der Waals surface area contributed by atoms with Gasteiger partial charge >= 0.3 is 5.97 Å². The van der Waals surface area contributed by atoms with Gasteiger partial charge < -0.3 is 14.8 Å². The van der Waals surface area contributed by atoms with Gasteiger partial charge in [-0.2, -0.15) is 5.10 Å². The van der Waals surface area contributed by atoms with Gasteiger partial charge in [0.15, 0.2) is 6.61 Å². The lowest BCUT2D eigenvalue weighted by molar-refractivity contribution is -0.124. The van der Waals surface area contributed by atoms with Crippen LogP contribution in [0.5, 0.6) is 5.88 Å². The molecule has 0 aliphatic carbocycles. The number of aromatic nitrogens is 3. The number of carbonyl (C=O) groups is 2. The third-order valence-electron chi connectivity index (χ3n) is 4.78. The monoisotopic (exact) mass is 422 g/mol. The number of hydrogen-bond donors (Lipinski definition) is 1. The van der Waals surface area contributed by atoms with E-state index in [0.717, 1.165) is 22.5 Å². The Kier molecular flexibility index (Phi) is 7.37. The number of nitrogens with zero attached hydrogens (tertiary/aromatic N) is 3. The number of aryl methyl sites for hydroxylation is 1. The van der Waals surface area contributed by atoms with Gasteiger partial charge in [-0.15, -0.1) is 0 Å². The molecule has 0 aliphatic heterocycles. The molecular weight excluding hydrogens is 396 g/mol. The summed E-state index contributed by atoms with van der Waals surface area (Å²) in [7, 11) is 0. The van der Waals surface area contributed by atoms with Crippen molar-refractivity contribution in [3.8, 4) is 5.88 Å². The number of benzene rings is 1. The lowest BCUT2D eigenvalue weighted by Gasteiger charge is -2.10. The summed E-state index contributed by atoms with van der Waals surface area (Å²) in [5.41, 5.74) is 4.11. The van der Waals surface area contributed by atoms with Gasteiger partial charge in [-0.05, 0) is 38.5 Å². The van der Waals surface area contributed by atoms with Crippen molar-refractivity contribution in [1.82, 2.24) is 20.1 Å². The van der Waals surface area contributed by atoms with Gasteiger partial charge in [-0.1, -0.05) is 30.3 Å². The normalized spacial score (nSPS) is 10.5. The topological polar surface area (TPSA) is 95.3 Å². The van der Waals surface area contributed by atoms with E-state index in [1.807, 2.05) is 48.9 Å². The van der Waals surface area contributed by atoms with Crippen LogP contribution < -0.4 is 10.1 Å². The molecular formula is C23H26N4O4. The molecule has 8 heteroatoms.